The molecule has 2 rings (SSSR count). The third kappa shape index (κ3) is 3.21. The predicted molar refractivity (Wildman–Crippen MR) is 70.0 cm³/mol. The quantitative estimate of drug-likeness (QED) is 0.917. The highest BCUT2D eigenvalue weighted by Gasteiger charge is 2.21. The van der Waals surface area contributed by atoms with Crippen LogP contribution in [-0.4, -0.2) is 19.3 Å². The predicted octanol–water partition coefficient (Wildman–Crippen LogP) is 1.86. The largest absolute Gasteiger partial charge is 0.456 e. The Hall–Kier alpha value is -1.67. The minimum atomic E-state index is -3.97. The normalized spacial score (nSPS) is 11.3. The van der Waals surface area contributed by atoms with Gasteiger partial charge >= 0.3 is 5.91 Å². The number of halogens is 1. The van der Waals surface area contributed by atoms with Gasteiger partial charge in [-0.25, -0.2) is 13.1 Å². The van der Waals surface area contributed by atoms with E-state index in [4.69, 9.17) is 4.42 Å². The lowest BCUT2D eigenvalue weighted by atomic mass is 10.4. The van der Waals surface area contributed by atoms with Gasteiger partial charge in [0.15, 0.2) is 5.76 Å². The molecule has 0 aliphatic heterocycles. The summed E-state index contributed by atoms with van der Waals surface area (Å²) in [5.41, 5.74) is 0. The number of rotatable bonds is 3. The maximum atomic E-state index is 11.9. The van der Waals surface area contributed by atoms with Crippen molar-refractivity contribution in [3.05, 3.63) is 46.6 Å². The van der Waals surface area contributed by atoms with Crippen molar-refractivity contribution in [2.75, 3.05) is 0 Å². The molecule has 0 unspecified atom stereocenters. The van der Waals surface area contributed by atoms with E-state index in [1.807, 2.05) is 4.72 Å². The van der Waals surface area contributed by atoms with Crippen molar-refractivity contribution in [3.8, 4) is 0 Å². The summed E-state index contributed by atoms with van der Waals surface area (Å²) in [6, 6.07) is 4.32. The lowest BCUT2D eigenvalue weighted by Gasteiger charge is -2.05. The van der Waals surface area contributed by atoms with Crippen LogP contribution in [0.15, 0.2) is 44.4 Å². The van der Waals surface area contributed by atoms with Crippen molar-refractivity contribution in [1.29, 1.82) is 0 Å². The molecular weight excluding hydrogens is 336 g/mol. The van der Waals surface area contributed by atoms with Gasteiger partial charge in [0.25, 0.3) is 10.0 Å². The topological polar surface area (TPSA) is 89.3 Å². The van der Waals surface area contributed by atoms with Crippen molar-refractivity contribution in [2.24, 2.45) is 0 Å². The third-order valence-electron chi connectivity index (χ3n) is 2.18. The lowest BCUT2D eigenvalue weighted by molar-refractivity contribution is 0.0953. The summed E-state index contributed by atoms with van der Waals surface area (Å²) in [5.74, 6) is -0.372. The number of hydrogen-bond donors (Lipinski definition) is 1. The molecule has 2 heterocycles. The first-order chi connectivity index (χ1) is 8.88. The monoisotopic (exact) mass is 344 g/mol. The van der Waals surface area contributed by atoms with Crippen LogP contribution in [0.3, 0.4) is 0 Å². The van der Waals surface area contributed by atoms with Crippen molar-refractivity contribution < 1.29 is 17.6 Å². The Bertz CT molecular complexity index is 724. The van der Waals surface area contributed by atoms with Crippen molar-refractivity contribution in [3.63, 3.8) is 0 Å². The van der Waals surface area contributed by atoms with Crippen LogP contribution >= 0.6 is 15.9 Å². The van der Waals surface area contributed by atoms with E-state index >= 15 is 0 Å². The highest BCUT2D eigenvalue weighted by Crippen LogP contribution is 2.15. The fraction of sp³-hybridized carbons (Fsp3) is 0.0909. The molecule has 0 atom stereocenters. The smallest absolute Gasteiger partial charge is 0.300 e. The Morgan fingerprint density at radius 1 is 1.37 bits per heavy atom. The summed E-state index contributed by atoms with van der Waals surface area (Å²) >= 11 is 3.11. The van der Waals surface area contributed by atoms with E-state index in [2.05, 4.69) is 20.9 Å². The third-order valence-corrected chi connectivity index (χ3v) is 3.91. The Balaban J connectivity index is 2.25. The maximum Gasteiger partial charge on any atom is 0.300 e. The van der Waals surface area contributed by atoms with Gasteiger partial charge in [-0.3, -0.25) is 9.78 Å². The first-order valence-corrected chi connectivity index (χ1v) is 7.40. The molecule has 6 nitrogen and oxygen atoms in total. The number of hydrogen-bond acceptors (Lipinski definition) is 5. The second-order valence-electron chi connectivity index (χ2n) is 3.68. The number of carbonyl (C=O) groups excluding carboxylic acids is 1. The van der Waals surface area contributed by atoms with Crippen LogP contribution in [0.1, 0.15) is 16.3 Å². The Morgan fingerprint density at radius 3 is 2.68 bits per heavy atom. The highest BCUT2D eigenvalue weighted by molar-refractivity contribution is 9.10. The van der Waals surface area contributed by atoms with Crippen LogP contribution in [0.4, 0.5) is 0 Å². The molecule has 0 bridgehead atoms. The maximum absolute atomic E-state index is 11.9. The molecule has 0 spiro atoms. The molecule has 1 amide bonds. The fourth-order valence-electron chi connectivity index (χ4n) is 1.33. The molecule has 19 heavy (non-hydrogen) atoms. The molecule has 0 aliphatic carbocycles. The molecule has 0 radical (unpaired) electrons. The van der Waals surface area contributed by atoms with Crippen LogP contribution in [-0.2, 0) is 10.0 Å². The average molecular weight is 345 g/mol. The Kier molecular flexibility index (Phi) is 3.72. The molecule has 8 heteroatoms. The first kappa shape index (κ1) is 13.8. The van der Waals surface area contributed by atoms with Gasteiger partial charge in [-0.2, -0.15) is 0 Å². The summed E-state index contributed by atoms with van der Waals surface area (Å²) in [5, 5.41) is 0. The van der Waals surface area contributed by atoms with Crippen LogP contribution in [0.25, 0.3) is 0 Å². The van der Waals surface area contributed by atoms with E-state index in [9.17, 15) is 13.2 Å². The number of nitrogens with one attached hydrogen (secondary N) is 1. The molecule has 0 saturated heterocycles. The number of aromatic nitrogens is 1. The molecule has 100 valence electrons. The van der Waals surface area contributed by atoms with Crippen molar-refractivity contribution in [1.82, 2.24) is 9.71 Å². The van der Waals surface area contributed by atoms with E-state index < -0.39 is 15.9 Å². The van der Waals surface area contributed by atoms with Gasteiger partial charge in [0.1, 0.15) is 10.7 Å². The zero-order valence-corrected chi connectivity index (χ0v) is 12.2. The van der Waals surface area contributed by atoms with Gasteiger partial charge < -0.3 is 4.42 Å². The minimum absolute atomic E-state index is 0.0657. The van der Waals surface area contributed by atoms with E-state index in [1.54, 1.807) is 13.0 Å². The Morgan fingerprint density at radius 2 is 2.11 bits per heavy atom. The highest BCUT2D eigenvalue weighted by atomic mass is 79.9. The fourth-order valence-corrected chi connectivity index (χ4v) is 2.79. The second kappa shape index (κ2) is 5.14. The summed E-state index contributed by atoms with van der Waals surface area (Å²) in [4.78, 5) is 15.3. The standard InChI is InChI=1S/C11H9BrN2O4S/c1-7-2-3-10(18-7)11(15)14-19(16,17)9-4-8(12)5-13-6-9/h2-6H,1H3,(H,14,15). The molecule has 0 saturated carbocycles. The van der Waals surface area contributed by atoms with Gasteiger partial charge in [-0.05, 0) is 41.1 Å². The first-order valence-electron chi connectivity index (χ1n) is 5.12. The molecule has 1 N–H and O–H groups in total. The molecule has 0 aliphatic rings. The van der Waals surface area contributed by atoms with Crippen molar-refractivity contribution >= 4 is 31.9 Å². The number of aryl methyl sites for hydroxylation is 1. The number of carbonyl (C=O) groups is 1. The van der Waals surface area contributed by atoms with Crippen LogP contribution in [0.2, 0.25) is 0 Å². The number of amides is 1. The molecular formula is C11H9BrN2O4S. The summed E-state index contributed by atoms with van der Waals surface area (Å²) in [6.07, 6.45) is 2.59. The van der Waals surface area contributed by atoms with Gasteiger partial charge in [-0.1, -0.05) is 0 Å². The summed E-state index contributed by atoms with van der Waals surface area (Å²) in [6.45, 7) is 1.66. The average Bonchev–Trinajstić information content (AvgIpc) is 2.75. The summed E-state index contributed by atoms with van der Waals surface area (Å²) in [7, 11) is -3.97. The summed E-state index contributed by atoms with van der Waals surface area (Å²) < 4.78 is 31.3. The van der Waals surface area contributed by atoms with Crippen LogP contribution in [0, 0.1) is 6.92 Å². The van der Waals surface area contributed by atoms with E-state index in [0.717, 1.165) is 6.20 Å². The zero-order valence-electron chi connectivity index (χ0n) is 9.75. The van der Waals surface area contributed by atoms with Crippen LogP contribution in [0.5, 0.6) is 0 Å². The number of nitrogens with zero attached hydrogens (tertiary/aromatic N) is 1. The van der Waals surface area contributed by atoms with Gasteiger partial charge in [0.2, 0.25) is 0 Å². The minimum Gasteiger partial charge on any atom is -0.456 e. The van der Waals surface area contributed by atoms with E-state index in [0.29, 0.717) is 10.2 Å². The molecule has 0 fully saturated rings. The SMILES string of the molecule is Cc1ccc(C(=O)NS(=O)(=O)c2cncc(Br)c2)o1. The lowest BCUT2D eigenvalue weighted by Crippen LogP contribution is -2.30. The number of sulfonamides is 1. The van der Waals surface area contributed by atoms with E-state index in [-0.39, 0.29) is 10.7 Å². The number of furan rings is 1. The molecule has 2 aromatic heterocycles. The van der Waals surface area contributed by atoms with Crippen LogP contribution < -0.4 is 4.72 Å². The second-order valence-corrected chi connectivity index (χ2v) is 6.28. The van der Waals surface area contributed by atoms with Gasteiger partial charge in [0.05, 0.1) is 0 Å². The van der Waals surface area contributed by atoms with Crippen molar-refractivity contribution in [2.45, 2.75) is 11.8 Å². The van der Waals surface area contributed by atoms with Gasteiger partial charge in [-0.15, -0.1) is 0 Å². The number of pyridine rings is 1. The zero-order chi connectivity index (χ0) is 14.0. The molecule has 2 aromatic rings. The molecule has 0 aromatic carbocycles. The van der Waals surface area contributed by atoms with E-state index in [1.165, 1.54) is 18.3 Å². The van der Waals surface area contributed by atoms with Gasteiger partial charge in [0, 0.05) is 16.9 Å². The Labute approximate surface area is 118 Å².